The molecule has 1 aliphatic heterocycles. The van der Waals surface area contributed by atoms with E-state index in [1.165, 1.54) is 0 Å². The molecular formula is C26H28Cl2N2O7S2. The van der Waals surface area contributed by atoms with Gasteiger partial charge in [-0.05, 0) is 48.7 Å². The van der Waals surface area contributed by atoms with Crippen LogP contribution in [0.4, 0.5) is 5.69 Å². The highest BCUT2D eigenvalue weighted by Crippen LogP contribution is 2.41. The predicted octanol–water partition coefficient (Wildman–Crippen LogP) is 5.08. The molecule has 210 valence electrons. The number of ether oxygens (including phenoxy) is 1. The Labute approximate surface area is 237 Å². The number of benzene rings is 2. The SMILES string of the molecule is C=S(=O)([O-])CCC[n+]1c(/C=C(/C=C2\Oc3ccc(Cl)cc3N2CCCS(=O)(=O)O)CC)oc2ccc(Cl)cc21. The van der Waals surface area contributed by atoms with E-state index in [1.54, 1.807) is 36.4 Å². The maximum Gasteiger partial charge on any atom is 0.374 e. The molecule has 1 N–H and O–H groups in total. The molecule has 0 radical (unpaired) electrons. The summed E-state index contributed by atoms with van der Waals surface area (Å²) in [5, 5.41) is 1.02. The highest BCUT2D eigenvalue weighted by molar-refractivity contribution is 7.94. The molecule has 0 spiro atoms. The average molecular weight is 616 g/mol. The molecule has 2 heterocycles. The van der Waals surface area contributed by atoms with Crippen LogP contribution in [0.2, 0.25) is 10.0 Å². The van der Waals surface area contributed by atoms with E-state index in [-0.39, 0.29) is 18.7 Å². The maximum absolute atomic E-state index is 11.6. The van der Waals surface area contributed by atoms with Gasteiger partial charge in [-0.1, -0.05) is 45.8 Å². The molecule has 0 amide bonds. The van der Waals surface area contributed by atoms with Gasteiger partial charge in [0, 0.05) is 40.9 Å². The van der Waals surface area contributed by atoms with Crippen molar-refractivity contribution in [2.75, 3.05) is 23.0 Å². The molecule has 0 saturated carbocycles. The molecule has 3 aromatic rings. The summed E-state index contributed by atoms with van der Waals surface area (Å²) in [4.78, 5) is 1.81. The second-order valence-corrected chi connectivity index (χ2v) is 13.4. The third-order valence-electron chi connectivity index (χ3n) is 6.03. The number of aryl methyl sites for hydroxylation is 1. The molecule has 1 atom stereocenters. The fourth-order valence-corrected chi connectivity index (χ4v) is 5.63. The lowest BCUT2D eigenvalue weighted by atomic mass is 10.1. The summed E-state index contributed by atoms with van der Waals surface area (Å²) in [6, 6.07) is 10.4. The number of anilines is 1. The Hall–Kier alpha value is -2.54. The minimum atomic E-state index is -4.12. The Kier molecular flexibility index (Phi) is 8.99. The van der Waals surface area contributed by atoms with Gasteiger partial charge in [-0.3, -0.25) is 8.76 Å². The van der Waals surface area contributed by atoms with Gasteiger partial charge in [-0.25, -0.2) is 0 Å². The van der Waals surface area contributed by atoms with Crippen LogP contribution in [0.3, 0.4) is 0 Å². The van der Waals surface area contributed by atoms with Crippen molar-refractivity contribution in [3.8, 4) is 5.75 Å². The van der Waals surface area contributed by atoms with Gasteiger partial charge < -0.3 is 18.6 Å². The summed E-state index contributed by atoms with van der Waals surface area (Å²) in [5.74, 6) is 4.25. The first-order chi connectivity index (χ1) is 18.3. The molecule has 1 unspecified atom stereocenters. The van der Waals surface area contributed by atoms with Crippen LogP contribution in [-0.4, -0.2) is 45.7 Å². The fourth-order valence-electron chi connectivity index (χ4n) is 4.24. The molecule has 1 aliphatic rings. The zero-order chi connectivity index (χ0) is 28.4. The van der Waals surface area contributed by atoms with Gasteiger partial charge in [0.25, 0.3) is 15.6 Å². The number of nitrogens with zero attached hydrogens (tertiary/aromatic N) is 2. The zero-order valence-electron chi connectivity index (χ0n) is 21.1. The molecule has 0 fully saturated rings. The number of rotatable bonds is 11. The lowest BCUT2D eigenvalue weighted by Gasteiger charge is -2.18. The number of aromatic nitrogens is 1. The molecule has 9 nitrogen and oxygen atoms in total. The van der Waals surface area contributed by atoms with Gasteiger partial charge >= 0.3 is 5.89 Å². The van der Waals surface area contributed by atoms with E-state index in [4.69, 9.17) is 32.4 Å². The standard InChI is InChI=1S/C26H28Cl2N2O7S2/c1-3-18(14-25-29(10-4-12-38(2,31)32)21-16-19(27)6-8-23(21)36-25)15-26-30(11-5-13-39(33,34)35)22-17-20(28)7-9-24(22)37-26/h6-9,14-17H,2-5,10-13H2,1H3,(H-,31,32,33,34,35). The number of allylic oxidation sites excluding steroid dienone is 2. The van der Waals surface area contributed by atoms with Gasteiger partial charge in [0.1, 0.15) is 0 Å². The Balaban J connectivity index is 1.71. The first kappa shape index (κ1) is 29.4. The lowest BCUT2D eigenvalue weighted by molar-refractivity contribution is -0.677. The van der Waals surface area contributed by atoms with Gasteiger partial charge in [-0.15, -0.1) is 0 Å². The van der Waals surface area contributed by atoms with Crippen molar-refractivity contribution >= 4 is 71.9 Å². The largest absolute Gasteiger partial charge is 0.778 e. The van der Waals surface area contributed by atoms with Crippen molar-refractivity contribution in [3.05, 3.63) is 69.9 Å². The zero-order valence-corrected chi connectivity index (χ0v) is 24.3. The summed E-state index contributed by atoms with van der Waals surface area (Å²) >= 11 is 12.4. The Morgan fingerprint density at radius 3 is 2.54 bits per heavy atom. The lowest BCUT2D eigenvalue weighted by Crippen LogP contribution is -2.36. The molecule has 2 aromatic carbocycles. The normalized spacial score (nSPS) is 16.5. The van der Waals surface area contributed by atoms with Crippen LogP contribution < -0.4 is 14.2 Å². The Morgan fingerprint density at radius 1 is 1.13 bits per heavy atom. The van der Waals surface area contributed by atoms with E-state index in [2.05, 4.69) is 5.87 Å². The van der Waals surface area contributed by atoms with Gasteiger partial charge in [0.15, 0.2) is 12.3 Å². The first-order valence-electron chi connectivity index (χ1n) is 12.1. The number of halogens is 2. The summed E-state index contributed by atoms with van der Waals surface area (Å²) in [6.07, 6.45) is 4.76. The number of fused-ring (bicyclic) bond motifs is 2. The van der Waals surface area contributed by atoms with Crippen LogP contribution in [0.5, 0.6) is 5.75 Å². The van der Waals surface area contributed by atoms with E-state index < -0.39 is 25.7 Å². The number of hydrogen-bond donors (Lipinski definition) is 1. The number of hydrogen-bond acceptors (Lipinski definition) is 7. The first-order valence-corrected chi connectivity index (χ1v) is 16.3. The minimum absolute atomic E-state index is 0.0751. The van der Waals surface area contributed by atoms with Gasteiger partial charge in [0.05, 0.1) is 17.5 Å². The quantitative estimate of drug-likeness (QED) is 0.180. The van der Waals surface area contributed by atoms with Crippen LogP contribution >= 0.6 is 23.2 Å². The topological polar surface area (TPSA) is 124 Å². The highest BCUT2D eigenvalue weighted by Gasteiger charge is 2.28. The maximum atomic E-state index is 11.6. The molecule has 39 heavy (non-hydrogen) atoms. The van der Waals surface area contributed by atoms with E-state index >= 15 is 0 Å². The van der Waals surface area contributed by atoms with E-state index in [1.807, 2.05) is 28.5 Å². The van der Waals surface area contributed by atoms with Crippen molar-refractivity contribution in [2.45, 2.75) is 32.7 Å². The van der Waals surface area contributed by atoms with E-state index in [9.17, 15) is 21.7 Å². The van der Waals surface area contributed by atoms with Gasteiger partial charge in [0.2, 0.25) is 11.5 Å². The molecular weight excluding hydrogens is 587 g/mol. The molecule has 1 aromatic heterocycles. The van der Waals surface area contributed by atoms with Crippen molar-refractivity contribution in [3.63, 3.8) is 0 Å². The fraction of sp³-hybridized carbons (Fsp3) is 0.308. The minimum Gasteiger partial charge on any atom is -0.778 e. The summed E-state index contributed by atoms with van der Waals surface area (Å²) in [5.41, 5.74) is 2.83. The summed E-state index contributed by atoms with van der Waals surface area (Å²) < 4.78 is 69.0. The van der Waals surface area contributed by atoms with E-state index in [0.29, 0.717) is 58.2 Å². The average Bonchev–Trinajstić information content (AvgIpc) is 3.34. The second kappa shape index (κ2) is 11.9. The second-order valence-electron chi connectivity index (χ2n) is 9.07. The predicted molar refractivity (Wildman–Crippen MR) is 154 cm³/mol. The Bertz CT molecular complexity index is 1660. The molecule has 0 saturated heterocycles. The van der Waals surface area contributed by atoms with Crippen LogP contribution in [0.15, 0.2) is 58.3 Å². The molecule has 4 rings (SSSR count). The molecule has 0 bridgehead atoms. The smallest absolute Gasteiger partial charge is 0.374 e. The van der Waals surface area contributed by atoms with Crippen LogP contribution in [0.1, 0.15) is 32.1 Å². The van der Waals surface area contributed by atoms with Crippen LogP contribution in [0, 0.1) is 0 Å². The van der Waals surface area contributed by atoms with E-state index in [0.717, 1.165) is 11.1 Å². The Morgan fingerprint density at radius 2 is 1.85 bits per heavy atom. The van der Waals surface area contributed by atoms with Crippen LogP contribution in [0.25, 0.3) is 17.2 Å². The summed E-state index contributed by atoms with van der Waals surface area (Å²) in [7, 11) is -7.49. The van der Waals surface area contributed by atoms with Gasteiger partial charge in [-0.2, -0.15) is 13.0 Å². The highest BCUT2D eigenvalue weighted by atomic mass is 35.5. The van der Waals surface area contributed by atoms with Crippen molar-refractivity contribution in [1.29, 1.82) is 0 Å². The molecule has 13 heteroatoms. The molecule has 0 aliphatic carbocycles. The van der Waals surface area contributed by atoms with Crippen molar-refractivity contribution < 1.29 is 35.5 Å². The third-order valence-corrected chi connectivity index (χ3v) is 8.22. The summed E-state index contributed by atoms with van der Waals surface area (Å²) in [6.45, 7) is 2.59. The number of oxazole rings is 1. The van der Waals surface area contributed by atoms with Crippen molar-refractivity contribution in [1.82, 2.24) is 0 Å². The monoisotopic (exact) mass is 614 g/mol. The van der Waals surface area contributed by atoms with Crippen molar-refractivity contribution in [2.24, 2.45) is 0 Å². The van der Waals surface area contributed by atoms with Crippen LogP contribution in [-0.2, 0) is 26.5 Å². The third kappa shape index (κ3) is 7.77.